The van der Waals surface area contributed by atoms with Crippen LogP contribution in [0.4, 0.5) is 0 Å². The van der Waals surface area contributed by atoms with Gasteiger partial charge in [0.05, 0.1) is 6.10 Å². The Balaban J connectivity index is 1.58. The SMILES string of the molecule is CC(=O)N1CCN(C(=O)c2ccc(OC3CCCCC3)cc2)C[C@@H]1C. The highest BCUT2D eigenvalue weighted by atomic mass is 16.5. The van der Waals surface area contributed by atoms with Crippen LogP contribution in [0.1, 0.15) is 56.3 Å². The Morgan fingerprint density at radius 1 is 1.04 bits per heavy atom. The second-order valence-electron chi connectivity index (χ2n) is 7.21. The zero-order valence-corrected chi connectivity index (χ0v) is 15.2. The first-order valence-corrected chi connectivity index (χ1v) is 9.38. The number of benzene rings is 1. The lowest BCUT2D eigenvalue weighted by Crippen LogP contribution is -2.54. The van der Waals surface area contributed by atoms with Crippen molar-refractivity contribution in [3.63, 3.8) is 0 Å². The number of amides is 2. The van der Waals surface area contributed by atoms with Gasteiger partial charge in [0.15, 0.2) is 0 Å². The van der Waals surface area contributed by atoms with Crippen LogP contribution in [0.25, 0.3) is 0 Å². The van der Waals surface area contributed by atoms with E-state index >= 15 is 0 Å². The molecule has 2 aliphatic rings. The van der Waals surface area contributed by atoms with Crippen LogP contribution in [-0.2, 0) is 4.79 Å². The van der Waals surface area contributed by atoms with E-state index in [1.165, 1.54) is 19.3 Å². The van der Waals surface area contributed by atoms with E-state index in [0.717, 1.165) is 18.6 Å². The van der Waals surface area contributed by atoms with E-state index in [-0.39, 0.29) is 17.9 Å². The highest BCUT2D eigenvalue weighted by Crippen LogP contribution is 2.24. The maximum atomic E-state index is 12.7. The molecule has 5 nitrogen and oxygen atoms in total. The van der Waals surface area contributed by atoms with Crippen LogP contribution in [0.2, 0.25) is 0 Å². The first-order chi connectivity index (χ1) is 12.0. The summed E-state index contributed by atoms with van der Waals surface area (Å²) in [6, 6.07) is 7.56. The van der Waals surface area contributed by atoms with Gasteiger partial charge < -0.3 is 14.5 Å². The molecule has 2 amide bonds. The van der Waals surface area contributed by atoms with Crippen molar-refractivity contribution in [3.05, 3.63) is 29.8 Å². The molecule has 3 rings (SSSR count). The van der Waals surface area contributed by atoms with Crippen molar-refractivity contribution < 1.29 is 14.3 Å². The Hall–Kier alpha value is -2.04. The van der Waals surface area contributed by atoms with Gasteiger partial charge in [0.2, 0.25) is 5.91 Å². The Bertz CT molecular complexity index is 608. The minimum atomic E-state index is 0.0271. The van der Waals surface area contributed by atoms with Crippen molar-refractivity contribution in [2.75, 3.05) is 19.6 Å². The van der Waals surface area contributed by atoms with Crippen molar-refractivity contribution in [1.82, 2.24) is 9.80 Å². The Kier molecular flexibility index (Phi) is 5.61. The molecule has 1 aliphatic carbocycles. The molecule has 0 bridgehead atoms. The molecule has 0 radical (unpaired) electrons. The molecular formula is C20H28N2O3. The summed E-state index contributed by atoms with van der Waals surface area (Å²) in [5, 5.41) is 0. The van der Waals surface area contributed by atoms with Gasteiger partial charge in [0.25, 0.3) is 5.91 Å². The number of hydrogen-bond donors (Lipinski definition) is 0. The second-order valence-corrected chi connectivity index (χ2v) is 7.21. The van der Waals surface area contributed by atoms with E-state index in [0.29, 0.717) is 31.3 Å². The van der Waals surface area contributed by atoms with Gasteiger partial charge in [-0.3, -0.25) is 9.59 Å². The molecule has 1 heterocycles. The van der Waals surface area contributed by atoms with E-state index in [1.807, 2.05) is 41.0 Å². The molecule has 1 aromatic carbocycles. The van der Waals surface area contributed by atoms with Crippen LogP contribution in [-0.4, -0.2) is 53.4 Å². The van der Waals surface area contributed by atoms with Crippen molar-refractivity contribution >= 4 is 11.8 Å². The number of carbonyl (C=O) groups excluding carboxylic acids is 2. The Morgan fingerprint density at radius 2 is 1.72 bits per heavy atom. The molecule has 0 N–H and O–H groups in total. The summed E-state index contributed by atoms with van der Waals surface area (Å²) >= 11 is 0. The third-order valence-corrected chi connectivity index (χ3v) is 5.28. The molecular weight excluding hydrogens is 316 g/mol. The summed E-state index contributed by atoms with van der Waals surface area (Å²) in [5.74, 6) is 0.946. The van der Waals surface area contributed by atoms with E-state index in [2.05, 4.69) is 0 Å². The predicted octanol–water partition coefficient (Wildman–Crippen LogP) is 3.09. The molecule has 1 saturated heterocycles. The Labute approximate surface area is 149 Å². The minimum absolute atomic E-state index is 0.0271. The minimum Gasteiger partial charge on any atom is -0.490 e. The number of carbonyl (C=O) groups is 2. The smallest absolute Gasteiger partial charge is 0.253 e. The number of nitrogens with zero attached hydrogens (tertiary/aromatic N) is 2. The second kappa shape index (κ2) is 7.89. The maximum absolute atomic E-state index is 12.7. The number of ether oxygens (including phenoxy) is 1. The summed E-state index contributed by atoms with van der Waals surface area (Å²) in [6.07, 6.45) is 6.36. The Morgan fingerprint density at radius 3 is 2.32 bits per heavy atom. The first kappa shape index (κ1) is 17.8. The van der Waals surface area contributed by atoms with Gasteiger partial charge in [0, 0.05) is 38.2 Å². The van der Waals surface area contributed by atoms with E-state index in [9.17, 15) is 9.59 Å². The van der Waals surface area contributed by atoms with Gasteiger partial charge in [-0.1, -0.05) is 6.42 Å². The largest absolute Gasteiger partial charge is 0.490 e. The normalized spacial score (nSPS) is 21.9. The summed E-state index contributed by atoms with van der Waals surface area (Å²) in [6.45, 7) is 5.34. The highest BCUT2D eigenvalue weighted by molar-refractivity contribution is 5.94. The molecule has 1 saturated carbocycles. The van der Waals surface area contributed by atoms with Crippen LogP contribution in [0.3, 0.4) is 0 Å². The molecule has 5 heteroatoms. The number of rotatable bonds is 3. The van der Waals surface area contributed by atoms with Gasteiger partial charge >= 0.3 is 0 Å². The third kappa shape index (κ3) is 4.33. The highest BCUT2D eigenvalue weighted by Gasteiger charge is 2.28. The molecule has 25 heavy (non-hydrogen) atoms. The predicted molar refractivity (Wildman–Crippen MR) is 96.7 cm³/mol. The van der Waals surface area contributed by atoms with Crippen molar-refractivity contribution in [2.24, 2.45) is 0 Å². The lowest BCUT2D eigenvalue weighted by atomic mass is 9.98. The maximum Gasteiger partial charge on any atom is 0.253 e. The molecule has 1 aliphatic heterocycles. The van der Waals surface area contributed by atoms with Crippen LogP contribution >= 0.6 is 0 Å². The van der Waals surface area contributed by atoms with Gasteiger partial charge in [-0.2, -0.15) is 0 Å². The van der Waals surface area contributed by atoms with Crippen molar-refractivity contribution in [3.8, 4) is 5.75 Å². The summed E-state index contributed by atoms with van der Waals surface area (Å²) in [5.41, 5.74) is 0.680. The zero-order chi connectivity index (χ0) is 17.8. The average Bonchev–Trinajstić information content (AvgIpc) is 2.62. The molecule has 0 spiro atoms. The fraction of sp³-hybridized carbons (Fsp3) is 0.600. The topological polar surface area (TPSA) is 49.9 Å². The van der Waals surface area contributed by atoms with Crippen LogP contribution in [0.5, 0.6) is 5.75 Å². The van der Waals surface area contributed by atoms with E-state index in [4.69, 9.17) is 4.74 Å². The monoisotopic (exact) mass is 344 g/mol. The molecule has 1 aromatic rings. The van der Waals surface area contributed by atoms with E-state index < -0.39 is 0 Å². The van der Waals surface area contributed by atoms with Gasteiger partial charge in [-0.15, -0.1) is 0 Å². The van der Waals surface area contributed by atoms with Gasteiger partial charge in [0.1, 0.15) is 5.75 Å². The summed E-state index contributed by atoms with van der Waals surface area (Å²) in [7, 11) is 0. The van der Waals surface area contributed by atoms with Crippen molar-refractivity contribution in [1.29, 1.82) is 0 Å². The lowest BCUT2D eigenvalue weighted by molar-refractivity contribution is -0.132. The van der Waals surface area contributed by atoms with Gasteiger partial charge in [-0.25, -0.2) is 0 Å². The molecule has 0 unspecified atom stereocenters. The van der Waals surface area contributed by atoms with Gasteiger partial charge in [-0.05, 0) is 56.9 Å². The molecule has 1 atom stereocenters. The van der Waals surface area contributed by atoms with E-state index in [1.54, 1.807) is 6.92 Å². The lowest BCUT2D eigenvalue weighted by Gasteiger charge is -2.39. The third-order valence-electron chi connectivity index (χ3n) is 5.28. The van der Waals surface area contributed by atoms with Crippen LogP contribution < -0.4 is 4.74 Å². The van der Waals surface area contributed by atoms with Crippen LogP contribution in [0, 0.1) is 0 Å². The number of piperazine rings is 1. The molecule has 2 fully saturated rings. The zero-order valence-electron chi connectivity index (χ0n) is 15.2. The van der Waals surface area contributed by atoms with Crippen LogP contribution in [0.15, 0.2) is 24.3 Å². The standard InChI is InChI=1S/C20H28N2O3/c1-15-14-21(12-13-22(15)16(2)23)20(24)17-8-10-19(11-9-17)25-18-6-4-3-5-7-18/h8-11,15,18H,3-7,12-14H2,1-2H3/t15-/m0/s1. The fourth-order valence-corrected chi connectivity index (χ4v) is 3.84. The number of hydrogen-bond acceptors (Lipinski definition) is 3. The first-order valence-electron chi connectivity index (χ1n) is 9.38. The molecule has 0 aromatic heterocycles. The van der Waals surface area contributed by atoms with Crippen molar-refractivity contribution in [2.45, 2.75) is 58.1 Å². The fourth-order valence-electron chi connectivity index (χ4n) is 3.84. The summed E-state index contributed by atoms with van der Waals surface area (Å²) in [4.78, 5) is 27.9. The molecule has 136 valence electrons. The quantitative estimate of drug-likeness (QED) is 0.847. The summed E-state index contributed by atoms with van der Waals surface area (Å²) < 4.78 is 6.02. The average molecular weight is 344 g/mol.